The molecule has 0 aliphatic carbocycles. The van der Waals surface area contributed by atoms with Crippen LogP contribution in [-0.4, -0.2) is 39.6 Å². The number of aromatic nitrogens is 1. The van der Waals surface area contributed by atoms with Crippen molar-refractivity contribution < 1.29 is 14.3 Å². The minimum absolute atomic E-state index is 0.159. The average Bonchev–Trinajstić information content (AvgIpc) is 3.00. The molecule has 0 spiro atoms. The summed E-state index contributed by atoms with van der Waals surface area (Å²) in [6, 6.07) is 27.0. The van der Waals surface area contributed by atoms with Crippen LogP contribution in [0.25, 0.3) is 17.0 Å². The van der Waals surface area contributed by atoms with Crippen LogP contribution in [-0.2, 0) is 20.7 Å². The predicted octanol–water partition coefficient (Wildman–Crippen LogP) is 5.70. The number of esters is 1. The maximum absolute atomic E-state index is 12.9. The smallest absolute Gasteiger partial charge is 0.324 e. The maximum Gasteiger partial charge on any atom is 0.324 e. The lowest BCUT2D eigenvalue weighted by Crippen LogP contribution is -2.54. The van der Waals surface area contributed by atoms with Crippen LogP contribution in [0.3, 0.4) is 0 Å². The highest BCUT2D eigenvalue weighted by atomic mass is 35.6. The van der Waals surface area contributed by atoms with Gasteiger partial charge in [-0.1, -0.05) is 120 Å². The molecule has 43 heavy (non-hydrogen) atoms. The first-order valence-electron chi connectivity index (χ1n) is 13.2. The molecule has 0 bridgehead atoms. The Labute approximate surface area is 265 Å². The summed E-state index contributed by atoms with van der Waals surface area (Å²) >= 11 is 18.8. The number of hydrogen-bond acceptors (Lipinski definition) is 7. The zero-order valence-electron chi connectivity index (χ0n) is 23.0. The summed E-state index contributed by atoms with van der Waals surface area (Å²) in [5.74, 6) is -0.976. The van der Waals surface area contributed by atoms with Crippen molar-refractivity contribution in [2.45, 2.75) is 22.4 Å². The van der Waals surface area contributed by atoms with E-state index in [9.17, 15) is 9.59 Å². The molecule has 4 N–H and O–H groups in total. The number of alkyl halides is 3. The van der Waals surface area contributed by atoms with E-state index in [-0.39, 0.29) is 12.6 Å². The van der Waals surface area contributed by atoms with Crippen molar-refractivity contribution in [3.05, 3.63) is 127 Å². The Kier molecular flexibility index (Phi) is 11.0. The van der Waals surface area contributed by atoms with Crippen molar-refractivity contribution >= 4 is 69.3 Å². The molecule has 0 saturated heterocycles. The van der Waals surface area contributed by atoms with Crippen LogP contribution in [0.5, 0.6) is 0 Å². The summed E-state index contributed by atoms with van der Waals surface area (Å²) in [5.41, 5.74) is 9.04. The summed E-state index contributed by atoms with van der Waals surface area (Å²) < 4.78 is 3.64. The molecule has 222 valence electrons. The third kappa shape index (κ3) is 9.20. The third-order valence-corrected chi connectivity index (χ3v) is 6.97. The van der Waals surface area contributed by atoms with Gasteiger partial charge in [0.1, 0.15) is 18.0 Å². The molecular formula is C32H30Cl3N5O3. The molecule has 4 rings (SSSR count). The lowest BCUT2D eigenvalue weighted by atomic mass is 10.1. The van der Waals surface area contributed by atoms with Crippen molar-refractivity contribution in [2.75, 3.05) is 11.6 Å². The summed E-state index contributed by atoms with van der Waals surface area (Å²) in [5, 5.41) is 6.45. The number of ether oxygens (including phenoxy) is 1. The number of nitrogens with zero attached hydrogens (tertiary/aromatic N) is 2. The predicted molar refractivity (Wildman–Crippen MR) is 173 cm³/mol. The number of carbonyl (C=O) groups is 2. The highest BCUT2D eigenvalue weighted by molar-refractivity contribution is 6.68. The molecule has 3 aromatic carbocycles. The number of nitrogens with one attached hydrogen (secondary N) is 2. The van der Waals surface area contributed by atoms with Gasteiger partial charge in [0.25, 0.3) is 0 Å². The van der Waals surface area contributed by atoms with E-state index in [2.05, 4.69) is 22.2 Å². The molecule has 1 amide bonds. The van der Waals surface area contributed by atoms with E-state index in [1.807, 2.05) is 84.9 Å². The van der Waals surface area contributed by atoms with Crippen LogP contribution >= 0.6 is 34.8 Å². The third-order valence-electron chi connectivity index (χ3n) is 6.32. The van der Waals surface area contributed by atoms with Crippen molar-refractivity contribution in [3.8, 4) is 0 Å². The summed E-state index contributed by atoms with van der Waals surface area (Å²) in [7, 11) is 0. The Morgan fingerprint density at radius 3 is 2.33 bits per heavy atom. The lowest BCUT2D eigenvalue weighted by Gasteiger charge is -2.33. The van der Waals surface area contributed by atoms with Crippen LogP contribution in [0.15, 0.2) is 116 Å². The lowest BCUT2D eigenvalue weighted by molar-refractivity contribution is -0.145. The van der Waals surface area contributed by atoms with Gasteiger partial charge in [0.15, 0.2) is 6.73 Å². The second kappa shape index (κ2) is 14.9. The van der Waals surface area contributed by atoms with E-state index in [4.69, 9.17) is 45.3 Å². The molecule has 1 unspecified atom stereocenters. The number of pyridine rings is 1. The van der Waals surface area contributed by atoms with Gasteiger partial charge < -0.3 is 21.1 Å². The van der Waals surface area contributed by atoms with Gasteiger partial charge in [-0.25, -0.2) is 0 Å². The zero-order valence-corrected chi connectivity index (χ0v) is 25.3. The van der Waals surface area contributed by atoms with Crippen LogP contribution in [0, 0.1) is 0 Å². The summed E-state index contributed by atoms with van der Waals surface area (Å²) in [4.78, 5) is 31.7. The molecule has 0 saturated carbocycles. The Morgan fingerprint density at radius 2 is 1.63 bits per heavy atom. The second-order valence-corrected chi connectivity index (χ2v) is 11.9. The van der Waals surface area contributed by atoms with Gasteiger partial charge in [-0.15, -0.1) is 0 Å². The molecule has 1 aromatic heterocycles. The van der Waals surface area contributed by atoms with E-state index in [1.165, 1.54) is 6.08 Å². The fourth-order valence-corrected chi connectivity index (χ4v) is 4.48. The number of hydrogen-bond donors (Lipinski definition) is 3. The average molecular weight is 639 g/mol. The molecular weight excluding hydrogens is 609 g/mol. The largest absolute Gasteiger partial charge is 0.443 e. The molecule has 4 aromatic rings. The number of fused-ring (bicyclic) bond motifs is 1. The SMILES string of the molecule is C=C(NC(NC(=O)/C=C/c1ccccc1)C(Cl)(Cl)Cl)N(COC(=O)[C@@H](N)Cc1ccccc1)c1cccc2cccnc12. The first kappa shape index (κ1) is 31.8. The number of anilines is 1. The number of para-hydroxylation sites is 1. The highest BCUT2D eigenvalue weighted by Crippen LogP contribution is 2.31. The van der Waals surface area contributed by atoms with Gasteiger partial charge in [-0.05, 0) is 35.8 Å². The van der Waals surface area contributed by atoms with E-state index < -0.39 is 27.9 Å². The van der Waals surface area contributed by atoms with Gasteiger partial charge in [0.05, 0.1) is 11.2 Å². The number of rotatable bonds is 12. The Hall–Kier alpha value is -4.08. The van der Waals surface area contributed by atoms with E-state index in [1.54, 1.807) is 23.2 Å². The zero-order chi connectivity index (χ0) is 30.8. The van der Waals surface area contributed by atoms with Crippen LogP contribution in [0.2, 0.25) is 0 Å². The first-order chi connectivity index (χ1) is 20.6. The van der Waals surface area contributed by atoms with Crippen molar-refractivity contribution in [3.63, 3.8) is 0 Å². The maximum atomic E-state index is 12.9. The minimum Gasteiger partial charge on any atom is -0.443 e. The van der Waals surface area contributed by atoms with Crippen molar-refractivity contribution in [2.24, 2.45) is 5.73 Å². The highest BCUT2D eigenvalue weighted by Gasteiger charge is 2.35. The fourth-order valence-electron chi connectivity index (χ4n) is 4.16. The minimum atomic E-state index is -1.99. The Bertz CT molecular complexity index is 1570. The van der Waals surface area contributed by atoms with Gasteiger partial charge in [-0.3, -0.25) is 19.5 Å². The topological polar surface area (TPSA) is 110 Å². The standard InChI is InChI=1S/C32H30Cl3N5O3/c1-22(38-31(32(33,34)35)39-28(41)18-17-23-10-4-2-5-11-23)40(27-16-8-14-25-15-9-19-37-29(25)27)21-43-30(42)26(36)20-24-12-6-3-7-13-24/h2-19,26,31,38H,1,20-21,36H2,(H,39,41)/b18-17+/t26-,31?/m0/s1. The van der Waals surface area contributed by atoms with E-state index in [0.717, 1.165) is 16.5 Å². The summed E-state index contributed by atoms with van der Waals surface area (Å²) in [6.45, 7) is 3.81. The molecule has 2 atom stereocenters. The van der Waals surface area contributed by atoms with Crippen molar-refractivity contribution in [1.29, 1.82) is 0 Å². The molecule has 0 fully saturated rings. The summed E-state index contributed by atoms with van der Waals surface area (Å²) in [6.07, 6.45) is 3.68. The van der Waals surface area contributed by atoms with Gasteiger partial charge in [-0.2, -0.15) is 0 Å². The van der Waals surface area contributed by atoms with Crippen LogP contribution in [0.1, 0.15) is 11.1 Å². The monoisotopic (exact) mass is 637 g/mol. The Morgan fingerprint density at radius 1 is 0.953 bits per heavy atom. The number of amides is 1. The normalized spacial score (nSPS) is 12.8. The van der Waals surface area contributed by atoms with E-state index >= 15 is 0 Å². The molecule has 0 aliphatic rings. The molecule has 8 nitrogen and oxygen atoms in total. The molecule has 11 heteroatoms. The molecule has 0 radical (unpaired) electrons. The Balaban J connectivity index is 1.54. The number of benzene rings is 3. The number of halogens is 3. The van der Waals surface area contributed by atoms with Crippen molar-refractivity contribution in [1.82, 2.24) is 15.6 Å². The second-order valence-electron chi connectivity index (χ2n) is 9.49. The molecule has 0 aliphatic heterocycles. The number of carbonyl (C=O) groups excluding carboxylic acids is 2. The van der Waals surface area contributed by atoms with Gasteiger partial charge >= 0.3 is 5.97 Å². The molecule has 1 heterocycles. The van der Waals surface area contributed by atoms with Crippen LogP contribution in [0.4, 0.5) is 5.69 Å². The fraction of sp³-hybridized carbons (Fsp3) is 0.156. The quantitative estimate of drug-likeness (QED) is 0.0791. The van der Waals surface area contributed by atoms with Crippen LogP contribution < -0.4 is 21.3 Å². The van der Waals surface area contributed by atoms with Gasteiger partial charge in [0.2, 0.25) is 9.70 Å². The van der Waals surface area contributed by atoms with Gasteiger partial charge in [0, 0.05) is 17.7 Å². The first-order valence-corrected chi connectivity index (χ1v) is 14.4. The number of nitrogens with two attached hydrogens (primary N) is 1. The van der Waals surface area contributed by atoms with E-state index in [0.29, 0.717) is 17.6 Å².